The van der Waals surface area contributed by atoms with Gasteiger partial charge in [0.1, 0.15) is 5.76 Å². The highest BCUT2D eigenvalue weighted by Crippen LogP contribution is 2.13. The van der Waals surface area contributed by atoms with Gasteiger partial charge in [-0.3, -0.25) is 11.3 Å². The molecule has 1 aromatic rings. The lowest BCUT2D eigenvalue weighted by molar-refractivity contribution is 0.344. The van der Waals surface area contributed by atoms with Crippen molar-refractivity contribution in [1.82, 2.24) is 5.43 Å². The van der Waals surface area contributed by atoms with E-state index in [0.29, 0.717) is 12.0 Å². The third-order valence-corrected chi connectivity index (χ3v) is 2.83. The molecule has 0 bridgehead atoms. The minimum absolute atomic E-state index is 0.380. The van der Waals surface area contributed by atoms with E-state index in [-0.39, 0.29) is 0 Å². The number of aryl methyl sites for hydroxylation is 1. The summed E-state index contributed by atoms with van der Waals surface area (Å²) in [7, 11) is 0. The molecular weight excluding hydrogens is 176 g/mol. The molecule has 14 heavy (non-hydrogen) atoms. The molecule has 1 rings (SSSR count). The fourth-order valence-electron chi connectivity index (χ4n) is 1.57. The zero-order valence-corrected chi connectivity index (χ0v) is 8.99. The van der Waals surface area contributed by atoms with E-state index < -0.39 is 0 Å². The van der Waals surface area contributed by atoms with Gasteiger partial charge in [-0.05, 0) is 24.5 Å². The Bertz CT molecular complexity index is 233. The second-order valence-corrected chi connectivity index (χ2v) is 3.78. The molecule has 3 heteroatoms. The molecule has 0 saturated carbocycles. The molecule has 0 saturated heterocycles. The molecule has 2 unspecified atom stereocenters. The van der Waals surface area contributed by atoms with Crippen molar-refractivity contribution in [3.05, 3.63) is 24.2 Å². The number of hydrogen-bond donors (Lipinski definition) is 2. The molecule has 0 aliphatic carbocycles. The first-order chi connectivity index (χ1) is 6.77. The Labute approximate surface area is 85.6 Å². The summed E-state index contributed by atoms with van der Waals surface area (Å²) in [6.07, 6.45) is 4.84. The molecule has 0 fully saturated rings. The van der Waals surface area contributed by atoms with Gasteiger partial charge in [-0.25, -0.2) is 0 Å². The standard InChI is InChI=1S/C11H20N2O/c1-3-9(2)11(13-12)7-6-10-5-4-8-14-10/h4-5,8-9,11,13H,3,6-7,12H2,1-2H3. The van der Waals surface area contributed by atoms with Crippen LogP contribution < -0.4 is 11.3 Å². The molecule has 0 aliphatic heterocycles. The van der Waals surface area contributed by atoms with Crippen LogP contribution in [0.5, 0.6) is 0 Å². The van der Waals surface area contributed by atoms with Gasteiger partial charge in [0.15, 0.2) is 0 Å². The highest BCUT2D eigenvalue weighted by Gasteiger charge is 2.14. The number of rotatable bonds is 6. The number of hydrogen-bond acceptors (Lipinski definition) is 3. The minimum Gasteiger partial charge on any atom is -0.469 e. The summed E-state index contributed by atoms with van der Waals surface area (Å²) in [6, 6.07) is 4.30. The largest absolute Gasteiger partial charge is 0.469 e. The first-order valence-corrected chi connectivity index (χ1v) is 5.26. The maximum atomic E-state index is 5.51. The fraction of sp³-hybridized carbons (Fsp3) is 0.636. The van der Waals surface area contributed by atoms with Crippen molar-refractivity contribution in [3.8, 4) is 0 Å². The van der Waals surface area contributed by atoms with E-state index in [2.05, 4.69) is 19.3 Å². The third kappa shape index (κ3) is 3.16. The van der Waals surface area contributed by atoms with Crippen LogP contribution in [0.4, 0.5) is 0 Å². The number of nitrogens with two attached hydrogens (primary N) is 1. The molecule has 1 heterocycles. The maximum Gasteiger partial charge on any atom is 0.103 e. The smallest absolute Gasteiger partial charge is 0.103 e. The number of furan rings is 1. The highest BCUT2D eigenvalue weighted by atomic mass is 16.3. The second kappa shape index (κ2) is 5.83. The van der Waals surface area contributed by atoms with Crippen LogP contribution >= 0.6 is 0 Å². The molecule has 3 N–H and O–H groups in total. The first kappa shape index (κ1) is 11.3. The summed E-state index contributed by atoms with van der Waals surface area (Å²) in [5, 5.41) is 0. The van der Waals surface area contributed by atoms with E-state index in [9.17, 15) is 0 Å². The third-order valence-electron chi connectivity index (χ3n) is 2.83. The lowest BCUT2D eigenvalue weighted by Gasteiger charge is -2.21. The van der Waals surface area contributed by atoms with Gasteiger partial charge < -0.3 is 4.42 Å². The fourth-order valence-corrected chi connectivity index (χ4v) is 1.57. The van der Waals surface area contributed by atoms with Crippen molar-refractivity contribution in [2.45, 2.75) is 39.2 Å². The van der Waals surface area contributed by atoms with Crippen LogP contribution in [0.1, 0.15) is 32.4 Å². The Balaban J connectivity index is 2.34. The van der Waals surface area contributed by atoms with Crippen molar-refractivity contribution >= 4 is 0 Å². The van der Waals surface area contributed by atoms with Crippen molar-refractivity contribution in [2.24, 2.45) is 11.8 Å². The van der Waals surface area contributed by atoms with Gasteiger partial charge in [-0.15, -0.1) is 0 Å². The normalized spacial score (nSPS) is 15.4. The van der Waals surface area contributed by atoms with E-state index in [1.165, 1.54) is 0 Å². The summed E-state index contributed by atoms with van der Waals surface area (Å²) in [5.74, 6) is 7.15. The summed E-state index contributed by atoms with van der Waals surface area (Å²) in [4.78, 5) is 0. The van der Waals surface area contributed by atoms with Gasteiger partial charge in [0.05, 0.1) is 6.26 Å². The molecule has 0 spiro atoms. The molecule has 3 nitrogen and oxygen atoms in total. The predicted molar refractivity (Wildman–Crippen MR) is 57.6 cm³/mol. The molecule has 1 aromatic heterocycles. The van der Waals surface area contributed by atoms with Crippen molar-refractivity contribution < 1.29 is 4.42 Å². The topological polar surface area (TPSA) is 51.2 Å². The summed E-state index contributed by atoms with van der Waals surface area (Å²) >= 11 is 0. The SMILES string of the molecule is CCC(C)C(CCc1ccco1)NN. The second-order valence-electron chi connectivity index (χ2n) is 3.78. The Kier molecular flexibility index (Phi) is 4.70. The highest BCUT2D eigenvalue weighted by molar-refractivity contribution is 4.98. The van der Waals surface area contributed by atoms with E-state index in [4.69, 9.17) is 10.3 Å². The Morgan fingerprint density at radius 3 is 2.86 bits per heavy atom. The molecule has 0 amide bonds. The summed E-state index contributed by atoms with van der Waals surface area (Å²) < 4.78 is 5.27. The zero-order valence-electron chi connectivity index (χ0n) is 8.99. The van der Waals surface area contributed by atoms with E-state index in [0.717, 1.165) is 25.0 Å². The van der Waals surface area contributed by atoms with Crippen molar-refractivity contribution in [1.29, 1.82) is 0 Å². The van der Waals surface area contributed by atoms with E-state index >= 15 is 0 Å². The maximum absolute atomic E-state index is 5.51. The van der Waals surface area contributed by atoms with Crippen LogP contribution in [-0.4, -0.2) is 6.04 Å². The Morgan fingerprint density at radius 1 is 1.57 bits per heavy atom. The predicted octanol–water partition coefficient (Wildman–Crippen LogP) is 2.09. The number of nitrogens with one attached hydrogen (secondary N) is 1. The van der Waals surface area contributed by atoms with E-state index in [1.54, 1.807) is 6.26 Å². The van der Waals surface area contributed by atoms with Crippen LogP contribution in [-0.2, 0) is 6.42 Å². The lowest BCUT2D eigenvalue weighted by Crippen LogP contribution is -2.40. The Morgan fingerprint density at radius 2 is 2.36 bits per heavy atom. The van der Waals surface area contributed by atoms with Gasteiger partial charge in [0.2, 0.25) is 0 Å². The Hall–Kier alpha value is -0.800. The molecule has 0 radical (unpaired) electrons. The minimum atomic E-state index is 0.380. The number of hydrazine groups is 1. The summed E-state index contributed by atoms with van der Waals surface area (Å²) in [6.45, 7) is 4.40. The van der Waals surface area contributed by atoms with Gasteiger partial charge in [0, 0.05) is 12.5 Å². The van der Waals surface area contributed by atoms with Crippen LogP contribution in [0.25, 0.3) is 0 Å². The monoisotopic (exact) mass is 196 g/mol. The summed E-state index contributed by atoms with van der Waals surface area (Å²) in [5.41, 5.74) is 2.87. The van der Waals surface area contributed by atoms with Crippen LogP contribution in [0.3, 0.4) is 0 Å². The average Bonchev–Trinajstić information content (AvgIpc) is 2.71. The zero-order chi connectivity index (χ0) is 10.4. The molecule has 0 aliphatic rings. The van der Waals surface area contributed by atoms with E-state index in [1.807, 2.05) is 12.1 Å². The van der Waals surface area contributed by atoms with Crippen molar-refractivity contribution in [2.75, 3.05) is 0 Å². The van der Waals surface area contributed by atoms with Crippen LogP contribution in [0, 0.1) is 5.92 Å². The molecule has 0 aromatic carbocycles. The molecule has 2 atom stereocenters. The van der Waals surface area contributed by atoms with Gasteiger partial charge in [0.25, 0.3) is 0 Å². The van der Waals surface area contributed by atoms with Gasteiger partial charge >= 0.3 is 0 Å². The molecular formula is C11H20N2O. The quantitative estimate of drug-likeness (QED) is 0.541. The lowest BCUT2D eigenvalue weighted by atomic mass is 9.95. The van der Waals surface area contributed by atoms with Crippen LogP contribution in [0.2, 0.25) is 0 Å². The van der Waals surface area contributed by atoms with Crippen LogP contribution in [0.15, 0.2) is 22.8 Å². The first-order valence-electron chi connectivity index (χ1n) is 5.26. The average molecular weight is 196 g/mol. The van der Waals surface area contributed by atoms with Crippen molar-refractivity contribution in [3.63, 3.8) is 0 Å². The molecule has 80 valence electrons. The van der Waals surface area contributed by atoms with Gasteiger partial charge in [-0.2, -0.15) is 0 Å². The van der Waals surface area contributed by atoms with Gasteiger partial charge in [-0.1, -0.05) is 20.3 Å².